The highest BCUT2D eigenvalue weighted by Gasteiger charge is 2.31. The molecule has 1 saturated heterocycles. The summed E-state index contributed by atoms with van der Waals surface area (Å²) in [7, 11) is 0. The number of aromatic nitrogens is 3. The van der Waals surface area contributed by atoms with Gasteiger partial charge in [0.15, 0.2) is 5.65 Å². The van der Waals surface area contributed by atoms with Crippen molar-refractivity contribution in [1.29, 1.82) is 5.41 Å². The lowest BCUT2D eigenvalue weighted by molar-refractivity contribution is -0.142. The number of fused-ring (bicyclic) bond motifs is 1. The van der Waals surface area contributed by atoms with Gasteiger partial charge in [0.1, 0.15) is 12.6 Å². The number of hydrogen-bond donors (Lipinski definition) is 5. The largest absolute Gasteiger partial charge is 0.405 e. The number of allylic oxidation sites excluding steroid dienone is 1. The van der Waals surface area contributed by atoms with Crippen molar-refractivity contribution < 1.29 is 27.9 Å². The van der Waals surface area contributed by atoms with Gasteiger partial charge in [0.2, 0.25) is 5.91 Å². The molecule has 38 heavy (non-hydrogen) atoms. The monoisotopic (exact) mass is 530 g/mol. The number of β-amino-alcohol motifs (C(OH)–C–C–N with tert-alkyl or cyclic N) is 1. The molecule has 200 valence electrons. The lowest BCUT2D eigenvalue weighted by Gasteiger charge is -2.37. The number of rotatable bonds is 8. The summed E-state index contributed by atoms with van der Waals surface area (Å²) in [6.07, 6.45) is 0.746. The number of hydrogen-bond acceptors (Lipinski definition) is 7. The molecule has 4 rings (SSSR count). The third kappa shape index (κ3) is 6.26. The Morgan fingerprint density at radius 2 is 2.03 bits per heavy atom. The number of imidazole rings is 1. The average Bonchev–Trinajstić information content (AvgIpc) is 3.28. The number of carbonyl (C=O) groups is 2. The van der Waals surface area contributed by atoms with Gasteiger partial charge in [-0.3, -0.25) is 4.79 Å². The van der Waals surface area contributed by atoms with E-state index in [0.717, 1.165) is 6.21 Å². The van der Waals surface area contributed by atoms with E-state index in [1.165, 1.54) is 12.3 Å². The van der Waals surface area contributed by atoms with E-state index >= 15 is 0 Å². The molecule has 1 aliphatic rings. The maximum Gasteiger partial charge on any atom is 0.405 e. The Morgan fingerprint density at radius 1 is 1.26 bits per heavy atom. The second kappa shape index (κ2) is 10.9. The van der Waals surface area contributed by atoms with Crippen LogP contribution in [0.15, 0.2) is 48.9 Å². The number of nitrogens with zero attached hydrogens (tertiary/aromatic N) is 4. The fourth-order valence-electron chi connectivity index (χ4n) is 3.75. The molecular weight excluding hydrogens is 505 g/mol. The van der Waals surface area contributed by atoms with E-state index in [0.29, 0.717) is 41.1 Å². The molecule has 0 radical (unpaired) electrons. The molecule has 2 aromatic heterocycles. The fraction of sp³-hybridized carbons (Fsp3) is 0.292. The molecule has 1 atom stereocenters. The van der Waals surface area contributed by atoms with Crippen LogP contribution in [0.5, 0.6) is 0 Å². The first-order valence-corrected chi connectivity index (χ1v) is 11.5. The molecule has 11 nitrogen and oxygen atoms in total. The smallest absolute Gasteiger partial charge is 0.389 e. The van der Waals surface area contributed by atoms with Crippen molar-refractivity contribution in [3.8, 4) is 11.3 Å². The number of benzene rings is 1. The summed E-state index contributed by atoms with van der Waals surface area (Å²) in [6, 6.07) is 6.65. The molecule has 3 amide bonds. The molecular formula is C24H25F3N8O3. The van der Waals surface area contributed by atoms with Crippen LogP contribution < -0.4 is 16.0 Å². The van der Waals surface area contributed by atoms with Crippen molar-refractivity contribution in [2.45, 2.75) is 25.2 Å². The molecule has 1 fully saturated rings. The minimum Gasteiger partial charge on any atom is -0.389 e. The van der Waals surface area contributed by atoms with Crippen LogP contribution in [0.1, 0.15) is 12.5 Å². The number of nitrogens with one attached hydrogen (secondary N) is 4. The summed E-state index contributed by atoms with van der Waals surface area (Å²) in [5.41, 5.74) is 2.96. The standard InChI is InChI=1S/C24H25F3N8O3/c1-14(22(37)34-11-19(36)12-34)29-8-17(7-28)16-6-21-30-10-20(35(21)32-9-16)15-3-2-4-18(5-15)33-23(38)31-13-24(25,26)27/h2-10,14,19,28-29,36H,11-13H2,1H3,(H2,31,33,38)/b17-8+,28-7?. The number of alkyl halides is 3. The molecule has 14 heteroatoms. The van der Waals surface area contributed by atoms with Gasteiger partial charge in [-0.25, -0.2) is 14.3 Å². The van der Waals surface area contributed by atoms with E-state index in [1.54, 1.807) is 58.3 Å². The first-order chi connectivity index (χ1) is 18.0. The number of urea groups is 1. The SMILES string of the molecule is CC(N/C=C(\C=N)c1cnn2c(-c3cccc(NC(=O)NCC(F)(F)F)c3)cnc2c1)C(=O)N1CC(O)C1. The first kappa shape index (κ1) is 26.6. The molecule has 3 heterocycles. The maximum atomic E-state index is 12.3. The summed E-state index contributed by atoms with van der Waals surface area (Å²) in [5.74, 6) is -0.156. The fourth-order valence-corrected chi connectivity index (χ4v) is 3.75. The summed E-state index contributed by atoms with van der Waals surface area (Å²) in [5, 5.41) is 28.7. The van der Waals surface area contributed by atoms with Gasteiger partial charge in [-0.1, -0.05) is 12.1 Å². The zero-order valence-electron chi connectivity index (χ0n) is 20.2. The van der Waals surface area contributed by atoms with Crippen molar-refractivity contribution in [3.05, 3.63) is 54.5 Å². The van der Waals surface area contributed by atoms with Crippen molar-refractivity contribution in [3.63, 3.8) is 0 Å². The third-order valence-corrected chi connectivity index (χ3v) is 5.75. The van der Waals surface area contributed by atoms with Gasteiger partial charge in [0.25, 0.3) is 0 Å². The summed E-state index contributed by atoms with van der Waals surface area (Å²) in [6.45, 7) is 0.853. The Balaban J connectivity index is 1.48. The van der Waals surface area contributed by atoms with Gasteiger partial charge in [-0.05, 0) is 25.1 Å². The number of halogens is 3. The minimum absolute atomic E-state index is 0.156. The van der Waals surface area contributed by atoms with Crippen LogP contribution in [0, 0.1) is 5.41 Å². The zero-order chi connectivity index (χ0) is 27.4. The first-order valence-electron chi connectivity index (χ1n) is 11.5. The summed E-state index contributed by atoms with van der Waals surface area (Å²) < 4.78 is 38.5. The van der Waals surface area contributed by atoms with Gasteiger partial charge in [0.05, 0.1) is 24.2 Å². The quantitative estimate of drug-likeness (QED) is 0.282. The van der Waals surface area contributed by atoms with Gasteiger partial charge < -0.3 is 31.4 Å². The number of carbonyl (C=O) groups excluding carboxylic acids is 2. The van der Waals surface area contributed by atoms with E-state index in [4.69, 9.17) is 5.41 Å². The molecule has 0 spiro atoms. The molecule has 0 aliphatic carbocycles. The van der Waals surface area contributed by atoms with Crippen molar-refractivity contribution >= 4 is 35.1 Å². The third-order valence-electron chi connectivity index (χ3n) is 5.75. The van der Waals surface area contributed by atoms with Gasteiger partial charge in [-0.2, -0.15) is 18.3 Å². The van der Waals surface area contributed by atoms with E-state index in [1.807, 2.05) is 0 Å². The highest BCUT2D eigenvalue weighted by Crippen LogP contribution is 2.24. The summed E-state index contributed by atoms with van der Waals surface area (Å²) in [4.78, 5) is 30.0. The highest BCUT2D eigenvalue weighted by atomic mass is 19.4. The Labute approximate surface area is 214 Å². The lowest BCUT2D eigenvalue weighted by Crippen LogP contribution is -2.57. The van der Waals surface area contributed by atoms with Crippen LogP contribution in [0.4, 0.5) is 23.7 Å². The summed E-state index contributed by atoms with van der Waals surface area (Å²) >= 11 is 0. The number of amides is 3. The van der Waals surface area contributed by atoms with Crippen molar-refractivity contribution in [2.24, 2.45) is 0 Å². The molecule has 5 N–H and O–H groups in total. The molecule has 1 aliphatic heterocycles. The van der Waals surface area contributed by atoms with E-state index in [9.17, 15) is 27.9 Å². The Morgan fingerprint density at radius 3 is 2.71 bits per heavy atom. The van der Waals surface area contributed by atoms with Crippen LogP contribution in [0.2, 0.25) is 0 Å². The Hall–Kier alpha value is -4.46. The van der Waals surface area contributed by atoms with Crippen LogP contribution in [0.3, 0.4) is 0 Å². The second-order valence-corrected chi connectivity index (χ2v) is 8.69. The number of likely N-dealkylation sites (tertiary alicyclic amines) is 1. The molecule has 1 aromatic carbocycles. The molecule has 1 unspecified atom stereocenters. The van der Waals surface area contributed by atoms with Crippen LogP contribution in [-0.4, -0.2) is 80.7 Å². The highest BCUT2D eigenvalue weighted by molar-refractivity contribution is 6.08. The van der Waals surface area contributed by atoms with Gasteiger partial charge in [0, 0.05) is 47.9 Å². The van der Waals surface area contributed by atoms with Crippen LogP contribution in [-0.2, 0) is 4.79 Å². The average molecular weight is 531 g/mol. The van der Waals surface area contributed by atoms with Gasteiger partial charge in [-0.15, -0.1) is 0 Å². The van der Waals surface area contributed by atoms with E-state index in [2.05, 4.69) is 20.7 Å². The Kier molecular flexibility index (Phi) is 7.62. The van der Waals surface area contributed by atoms with E-state index < -0.39 is 30.9 Å². The molecule has 0 saturated carbocycles. The molecule has 0 bridgehead atoms. The maximum absolute atomic E-state index is 12.3. The topological polar surface area (TPSA) is 148 Å². The minimum atomic E-state index is -4.52. The lowest BCUT2D eigenvalue weighted by atomic mass is 10.1. The van der Waals surface area contributed by atoms with Crippen LogP contribution in [0.25, 0.3) is 22.5 Å². The molecule has 3 aromatic rings. The van der Waals surface area contributed by atoms with Gasteiger partial charge >= 0.3 is 12.2 Å². The van der Waals surface area contributed by atoms with Crippen molar-refractivity contribution in [2.75, 3.05) is 25.0 Å². The van der Waals surface area contributed by atoms with E-state index in [-0.39, 0.29) is 11.6 Å². The van der Waals surface area contributed by atoms with Crippen LogP contribution >= 0.6 is 0 Å². The number of anilines is 1. The number of aliphatic hydroxyl groups is 1. The van der Waals surface area contributed by atoms with Crippen molar-refractivity contribution in [1.82, 2.24) is 30.1 Å². The zero-order valence-corrected chi connectivity index (χ0v) is 20.2. The second-order valence-electron chi connectivity index (χ2n) is 8.69. The normalized spacial score (nSPS) is 15.1. The number of aliphatic hydroxyl groups excluding tert-OH is 1. The predicted molar refractivity (Wildman–Crippen MR) is 133 cm³/mol. The Bertz CT molecular complexity index is 1380. The predicted octanol–water partition coefficient (Wildman–Crippen LogP) is 2.25.